The number of hydrogen-bond acceptors (Lipinski definition) is 6. The molecule has 9 heteroatoms. The van der Waals surface area contributed by atoms with E-state index in [0.717, 1.165) is 18.4 Å². The largest absolute Gasteiger partial charge is 0.462 e. The first kappa shape index (κ1) is 25.0. The lowest BCUT2D eigenvalue weighted by Crippen LogP contribution is -2.31. The Bertz CT molecular complexity index is 1070. The van der Waals surface area contributed by atoms with E-state index >= 15 is 0 Å². The van der Waals surface area contributed by atoms with Gasteiger partial charge in [0.1, 0.15) is 4.32 Å². The second-order valence-electron chi connectivity index (χ2n) is 7.25. The Hall–Kier alpha value is -2.68. The number of carbonyl (C=O) groups is 3. The number of esters is 1. The number of unbranched alkanes of at least 4 members (excludes halogenated alkanes) is 1. The Kier molecular flexibility index (Phi) is 9.05. The lowest BCUT2D eigenvalue weighted by atomic mass is 10.2. The van der Waals surface area contributed by atoms with Gasteiger partial charge in [-0.25, -0.2) is 4.79 Å². The summed E-state index contributed by atoms with van der Waals surface area (Å²) in [5.74, 6) is -0.870. The van der Waals surface area contributed by atoms with Gasteiger partial charge in [-0.2, -0.15) is 0 Å². The van der Waals surface area contributed by atoms with E-state index in [1.165, 1.54) is 16.7 Å². The van der Waals surface area contributed by atoms with Crippen molar-refractivity contribution in [1.82, 2.24) is 4.90 Å². The lowest BCUT2D eigenvalue weighted by Gasteiger charge is -2.14. The van der Waals surface area contributed by atoms with Gasteiger partial charge in [-0.3, -0.25) is 14.5 Å². The summed E-state index contributed by atoms with van der Waals surface area (Å²) in [4.78, 5) is 38.9. The van der Waals surface area contributed by atoms with Gasteiger partial charge in [0.2, 0.25) is 5.91 Å². The molecule has 1 aliphatic heterocycles. The molecule has 0 unspecified atom stereocenters. The van der Waals surface area contributed by atoms with Gasteiger partial charge >= 0.3 is 5.97 Å². The van der Waals surface area contributed by atoms with E-state index in [4.69, 9.17) is 28.6 Å². The molecule has 0 bridgehead atoms. The highest BCUT2D eigenvalue weighted by atomic mass is 35.5. The highest BCUT2D eigenvalue weighted by Gasteiger charge is 2.32. The summed E-state index contributed by atoms with van der Waals surface area (Å²) < 4.78 is 5.58. The standard InChI is InChI=1S/C24H23ClN2O4S2/c1-2-3-14-31-23(30)17-6-10-19(11-7-17)26-21(28)12-13-27-22(29)20(33-24(27)32)15-16-4-8-18(25)9-5-16/h4-11,15H,2-3,12-14H2,1H3,(H,26,28)/b20-15+. The predicted molar refractivity (Wildman–Crippen MR) is 136 cm³/mol. The molecule has 1 aliphatic rings. The number of nitrogens with zero attached hydrogens (tertiary/aromatic N) is 1. The fraction of sp³-hybridized carbons (Fsp3) is 0.250. The number of benzene rings is 2. The third kappa shape index (κ3) is 7.15. The van der Waals surface area contributed by atoms with Crippen molar-refractivity contribution in [3.05, 3.63) is 69.6 Å². The van der Waals surface area contributed by atoms with E-state index in [1.54, 1.807) is 42.5 Å². The number of halogens is 1. The van der Waals surface area contributed by atoms with E-state index < -0.39 is 0 Å². The number of thiocarbonyl (C=S) groups is 1. The fourth-order valence-corrected chi connectivity index (χ4v) is 4.36. The summed E-state index contributed by atoms with van der Waals surface area (Å²) in [6.07, 6.45) is 3.61. The maximum absolute atomic E-state index is 12.7. The van der Waals surface area contributed by atoms with Crippen molar-refractivity contribution in [2.24, 2.45) is 0 Å². The summed E-state index contributed by atoms with van der Waals surface area (Å²) in [5.41, 5.74) is 1.82. The Morgan fingerprint density at radius 1 is 1.15 bits per heavy atom. The number of rotatable bonds is 9. The van der Waals surface area contributed by atoms with Gasteiger partial charge in [0.25, 0.3) is 5.91 Å². The zero-order valence-corrected chi connectivity index (χ0v) is 20.4. The smallest absolute Gasteiger partial charge is 0.338 e. The van der Waals surface area contributed by atoms with Crippen LogP contribution in [0.1, 0.15) is 42.1 Å². The highest BCUT2D eigenvalue weighted by Crippen LogP contribution is 2.32. The van der Waals surface area contributed by atoms with Crippen molar-refractivity contribution in [3.63, 3.8) is 0 Å². The molecule has 2 aromatic carbocycles. The van der Waals surface area contributed by atoms with Crippen LogP contribution in [0.5, 0.6) is 0 Å². The van der Waals surface area contributed by atoms with Crippen LogP contribution in [0.2, 0.25) is 5.02 Å². The molecule has 0 radical (unpaired) electrons. The molecule has 1 fully saturated rings. The minimum Gasteiger partial charge on any atom is -0.462 e. The maximum atomic E-state index is 12.7. The number of anilines is 1. The minimum absolute atomic E-state index is 0.0848. The Morgan fingerprint density at radius 3 is 2.52 bits per heavy atom. The van der Waals surface area contributed by atoms with Gasteiger partial charge in [0.05, 0.1) is 17.1 Å². The monoisotopic (exact) mass is 502 g/mol. The molecule has 1 saturated heterocycles. The Morgan fingerprint density at radius 2 is 1.85 bits per heavy atom. The highest BCUT2D eigenvalue weighted by molar-refractivity contribution is 8.26. The van der Waals surface area contributed by atoms with Crippen molar-refractivity contribution >= 4 is 69.4 Å². The molecule has 2 amide bonds. The average molecular weight is 503 g/mol. The molecule has 0 aliphatic carbocycles. The third-order valence-electron chi connectivity index (χ3n) is 4.74. The summed E-state index contributed by atoms with van der Waals surface area (Å²) >= 11 is 12.4. The van der Waals surface area contributed by atoms with E-state index in [-0.39, 0.29) is 30.7 Å². The van der Waals surface area contributed by atoms with Crippen molar-refractivity contribution in [2.75, 3.05) is 18.5 Å². The predicted octanol–water partition coefficient (Wildman–Crippen LogP) is 5.53. The van der Waals surface area contributed by atoms with E-state index in [1.807, 2.05) is 19.1 Å². The summed E-state index contributed by atoms with van der Waals surface area (Å²) in [6, 6.07) is 13.6. The van der Waals surface area contributed by atoms with Crippen LogP contribution < -0.4 is 5.32 Å². The molecule has 0 saturated carbocycles. The fourth-order valence-electron chi connectivity index (χ4n) is 2.92. The Labute approximate surface area is 207 Å². The lowest BCUT2D eigenvalue weighted by molar-refractivity contribution is -0.122. The summed E-state index contributed by atoms with van der Waals surface area (Å²) in [5, 5.41) is 3.38. The van der Waals surface area contributed by atoms with Crippen molar-refractivity contribution < 1.29 is 19.1 Å². The second-order valence-corrected chi connectivity index (χ2v) is 9.36. The first-order valence-electron chi connectivity index (χ1n) is 10.5. The molecule has 1 N–H and O–H groups in total. The van der Waals surface area contributed by atoms with Crippen LogP contribution in [-0.2, 0) is 14.3 Å². The van der Waals surface area contributed by atoms with Gasteiger partial charge in [-0.1, -0.05) is 61.1 Å². The minimum atomic E-state index is -0.387. The van der Waals surface area contributed by atoms with Gasteiger partial charge < -0.3 is 10.1 Å². The average Bonchev–Trinajstić information content (AvgIpc) is 3.06. The SMILES string of the molecule is CCCCOC(=O)c1ccc(NC(=O)CCN2C(=O)/C(=C\c3ccc(Cl)cc3)SC2=S)cc1. The molecule has 172 valence electrons. The molecule has 0 aromatic heterocycles. The maximum Gasteiger partial charge on any atom is 0.338 e. The van der Waals surface area contributed by atoms with Gasteiger partial charge in [0.15, 0.2) is 0 Å². The van der Waals surface area contributed by atoms with Crippen molar-refractivity contribution in [1.29, 1.82) is 0 Å². The van der Waals surface area contributed by atoms with E-state index in [9.17, 15) is 14.4 Å². The first-order chi connectivity index (χ1) is 15.9. The molecule has 0 atom stereocenters. The van der Waals surface area contributed by atoms with Crippen molar-refractivity contribution in [2.45, 2.75) is 26.2 Å². The van der Waals surface area contributed by atoms with Crippen LogP contribution in [0, 0.1) is 0 Å². The van der Waals surface area contributed by atoms with Gasteiger partial charge in [-0.15, -0.1) is 0 Å². The van der Waals surface area contributed by atoms with E-state index in [2.05, 4.69) is 5.32 Å². The van der Waals surface area contributed by atoms with Crippen LogP contribution in [0.25, 0.3) is 6.08 Å². The van der Waals surface area contributed by atoms with E-state index in [0.29, 0.717) is 32.1 Å². The van der Waals surface area contributed by atoms with Crippen LogP contribution in [-0.4, -0.2) is 40.2 Å². The summed E-state index contributed by atoms with van der Waals surface area (Å²) in [7, 11) is 0. The quantitative estimate of drug-likeness (QED) is 0.210. The zero-order chi connectivity index (χ0) is 23.8. The molecule has 6 nitrogen and oxygen atoms in total. The number of thioether (sulfide) groups is 1. The van der Waals surface area contributed by atoms with Crippen LogP contribution in [0.15, 0.2) is 53.4 Å². The van der Waals surface area contributed by atoms with Gasteiger partial charge in [-0.05, 0) is 54.5 Å². The molecule has 1 heterocycles. The molecular formula is C24H23ClN2O4S2. The molecule has 3 rings (SSSR count). The molecule has 33 heavy (non-hydrogen) atoms. The Balaban J connectivity index is 1.51. The number of carbonyl (C=O) groups excluding carboxylic acids is 3. The zero-order valence-electron chi connectivity index (χ0n) is 18.0. The van der Waals surface area contributed by atoms with Gasteiger partial charge in [0, 0.05) is 23.7 Å². The molecular weight excluding hydrogens is 480 g/mol. The number of hydrogen-bond donors (Lipinski definition) is 1. The number of amides is 2. The first-order valence-corrected chi connectivity index (χ1v) is 12.1. The number of nitrogens with one attached hydrogen (secondary N) is 1. The number of ether oxygens (including phenoxy) is 1. The van der Waals surface area contributed by atoms with Crippen LogP contribution in [0.4, 0.5) is 5.69 Å². The topological polar surface area (TPSA) is 75.7 Å². The molecule has 2 aromatic rings. The second kappa shape index (κ2) is 12.0. The third-order valence-corrected chi connectivity index (χ3v) is 6.37. The summed E-state index contributed by atoms with van der Waals surface area (Å²) in [6.45, 7) is 2.59. The normalized spacial score (nSPS) is 14.6. The van der Waals surface area contributed by atoms with Crippen LogP contribution >= 0.6 is 35.6 Å². The van der Waals surface area contributed by atoms with Crippen LogP contribution in [0.3, 0.4) is 0 Å². The van der Waals surface area contributed by atoms with Crippen molar-refractivity contribution in [3.8, 4) is 0 Å². The molecule has 0 spiro atoms.